The Balaban J connectivity index is 1.42. The maximum atomic E-state index is 12.9. The molecule has 1 aliphatic carbocycles. The molecule has 4 rings (SSSR count). The van der Waals surface area contributed by atoms with Gasteiger partial charge in [0.1, 0.15) is 12.1 Å². The van der Waals surface area contributed by atoms with Crippen LogP contribution >= 0.6 is 0 Å². The van der Waals surface area contributed by atoms with Gasteiger partial charge in [0, 0.05) is 24.8 Å². The van der Waals surface area contributed by atoms with Gasteiger partial charge in [0.15, 0.2) is 0 Å². The van der Waals surface area contributed by atoms with E-state index in [0.29, 0.717) is 36.6 Å². The van der Waals surface area contributed by atoms with E-state index in [1.165, 1.54) is 0 Å². The molecule has 8 heteroatoms. The average Bonchev–Trinajstić information content (AvgIpc) is 2.91. The van der Waals surface area contributed by atoms with E-state index in [1.807, 2.05) is 0 Å². The normalized spacial score (nSPS) is 26.6. The van der Waals surface area contributed by atoms with Crippen LogP contribution in [0.3, 0.4) is 0 Å². The van der Waals surface area contributed by atoms with Crippen molar-refractivity contribution in [1.29, 1.82) is 0 Å². The largest absolute Gasteiger partial charge is 0.341 e. The molecule has 1 aromatic rings. The Labute approximate surface area is 169 Å². The van der Waals surface area contributed by atoms with Gasteiger partial charge < -0.3 is 15.5 Å². The molecular formula is C21H26N4O4. The number of benzene rings is 1. The number of anilines is 1. The van der Waals surface area contributed by atoms with Gasteiger partial charge in [-0.2, -0.15) is 0 Å². The molecule has 8 nitrogen and oxygen atoms in total. The average molecular weight is 398 g/mol. The molecule has 1 aromatic carbocycles. The first-order valence-corrected chi connectivity index (χ1v) is 10.1. The van der Waals surface area contributed by atoms with E-state index < -0.39 is 17.5 Å². The van der Waals surface area contributed by atoms with Crippen molar-refractivity contribution in [3.05, 3.63) is 29.3 Å². The molecule has 5 amide bonds. The fourth-order valence-electron chi connectivity index (χ4n) is 4.44. The molecule has 0 bridgehead atoms. The van der Waals surface area contributed by atoms with Crippen molar-refractivity contribution in [2.24, 2.45) is 5.92 Å². The molecule has 0 aromatic heterocycles. The number of nitrogens with one attached hydrogen (secondary N) is 2. The molecule has 1 saturated carbocycles. The zero-order valence-corrected chi connectivity index (χ0v) is 16.8. The number of urea groups is 1. The number of fused-ring (bicyclic) bond motifs is 1. The van der Waals surface area contributed by atoms with E-state index in [0.717, 1.165) is 29.7 Å². The zero-order valence-electron chi connectivity index (χ0n) is 16.8. The third-order valence-corrected chi connectivity index (χ3v) is 6.36. The minimum Gasteiger partial charge on any atom is -0.341 e. The van der Waals surface area contributed by atoms with Gasteiger partial charge >= 0.3 is 6.03 Å². The lowest BCUT2D eigenvalue weighted by molar-refractivity contribution is -0.135. The number of likely N-dealkylation sites (N-methyl/N-ethyl adjacent to an activating group) is 1. The van der Waals surface area contributed by atoms with Gasteiger partial charge in [-0.25, -0.2) is 4.79 Å². The smallest absolute Gasteiger partial charge is 0.325 e. The van der Waals surface area contributed by atoms with Crippen LogP contribution in [0.2, 0.25) is 0 Å². The van der Waals surface area contributed by atoms with Gasteiger partial charge in [-0.3, -0.25) is 19.3 Å². The Kier molecular flexibility index (Phi) is 4.80. The van der Waals surface area contributed by atoms with Crippen molar-refractivity contribution < 1.29 is 19.2 Å². The maximum Gasteiger partial charge on any atom is 0.325 e. The highest BCUT2D eigenvalue weighted by molar-refractivity contribution is 6.10. The lowest BCUT2D eigenvalue weighted by Gasteiger charge is -2.33. The van der Waals surface area contributed by atoms with Gasteiger partial charge in [-0.05, 0) is 61.8 Å². The summed E-state index contributed by atoms with van der Waals surface area (Å²) in [6, 6.07) is 4.66. The quantitative estimate of drug-likeness (QED) is 0.758. The van der Waals surface area contributed by atoms with E-state index in [9.17, 15) is 19.2 Å². The van der Waals surface area contributed by atoms with Crippen LogP contribution in [0.15, 0.2) is 18.2 Å². The third kappa shape index (κ3) is 3.47. The number of hydrogen-bond donors (Lipinski definition) is 2. The summed E-state index contributed by atoms with van der Waals surface area (Å²) in [5, 5.41) is 5.57. The topological polar surface area (TPSA) is 98.8 Å². The molecular weight excluding hydrogens is 372 g/mol. The summed E-state index contributed by atoms with van der Waals surface area (Å²) in [6.07, 6.45) is 3.72. The summed E-state index contributed by atoms with van der Waals surface area (Å²) < 4.78 is 0. The molecule has 0 radical (unpaired) electrons. The van der Waals surface area contributed by atoms with Crippen LogP contribution in [0.25, 0.3) is 0 Å². The fraction of sp³-hybridized carbons (Fsp3) is 0.524. The molecule has 2 fully saturated rings. The highest BCUT2D eigenvalue weighted by Crippen LogP contribution is 2.36. The lowest BCUT2D eigenvalue weighted by atomic mass is 9.77. The van der Waals surface area contributed by atoms with Crippen LogP contribution in [0, 0.1) is 5.92 Å². The van der Waals surface area contributed by atoms with Crippen LogP contribution in [-0.2, 0) is 16.0 Å². The van der Waals surface area contributed by atoms with Crippen LogP contribution in [-0.4, -0.2) is 59.2 Å². The van der Waals surface area contributed by atoms with Gasteiger partial charge in [0.25, 0.3) is 11.8 Å². The highest BCUT2D eigenvalue weighted by Gasteiger charge is 2.52. The summed E-state index contributed by atoms with van der Waals surface area (Å²) in [6.45, 7) is 2.45. The second-order valence-corrected chi connectivity index (χ2v) is 8.48. The van der Waals surface area contributed by atoms with Gasteiger partial charge in [0.05, 0.1) is 0 Å². The van der Waals surface area contributed by atoms with E-state index in [2.05, 4.69) is 17.6 Å². The number of imide groups is 1. The molecule has 2 aliphatic heterocycles. The Morgan fingerprint density at radius 2 is 1.97 bits per heavy atom. The number of amides is 5. The first kappa shape index (κ1) is 19.4. The van der Waals surface area contributed by atoms with E-state index >= 15 is 0 Å². The van der Waals surface area contributed by atoms with E-state index in [-0.39, 0.29) is 18.4 Å². The second kappa shape index (κ2) is 7.17. The molecule has 154 valence electrons. The molecule has 3 aliphatic rings. The molecule has 29 heavy (non-hydrogen) atoms. The summed E-state index contributed by atoms with van der Waals surface area (Å²) in [7, 11) is 1.76. The molecule has 1 saturated heterocycles. The number of rotatable bonds is 3. The van der Waals surface area contributed by atoms with E-state index in [4.69, 9.17) is 0 Å². The standard InChI is InChI=1S/C21H26N4O4/c1-13-5-8-21(9-6-13)19(28)25(20(29)23-21)12-17(26)22-15-3-4-16-14(11-15)7-10-24(2)18(16)27/h3-4,11,13H,5-10,12H2,1-2H3,(H,22,26)(H,23,29). The first-order valence-electron chi connectivity index (χ1n) is 10.1. The molecule has 0 atom stereocenters. The predicted octanol–water partition coefficient (Wildman–Crippen LogP) is 1.75. The molecule has 2 N–H and O–H groups in total. The van der Waals surface area contributed by atoms with Crippen molar-refractivity contribution in [1.82, 2.24) is 15.1 Å². The summed E-state index contributed by atoms with van der Waals surface area (Å²) in [4.78, 5) is 52.6. The number of hydrogen-bond acceptors (Lipinski definition) is 4. The monoisotopic (exact) mass is 398 g/mol. The maximum absolute atomic E-state index is 12.9. The SMILES string of the molecule is CC1CCC2(CC1)NC(=O)N(CC(=O)Nc1ccc3c(c1)CCN(C)C3=O)C2=O. The summed E-state index contributed by atoms with van der Waals surface area (Å²) in [5.41, 5.74) is 1.23. The molecule has 0 unspecified atom stereocenters. The van der Waals surface area contributed by atoms with Crippen LogP contribution in [0.5, 0.6) is 0 Å². The van der Waals surface area contributed by atoms with Gasteiger partial charge in [-0.15, -0.1) is 0 Å². The minimum atomic E-state index is -0.845. The van der Waals surface area contributed by atoms with Gasteiger partial charge in [-0.1, -0.05) is 6.92 Å². The van der Waals surface area contributed by atoms with Gasteiger partial charge in [0.2, 0.25) is 5.91 Å². The Morgan fingerprint density at radius 1 is 1.24 bits per heavy atom. The zero-order chi connectivity index (χ0) is 20.8. The highest BCUT2D eigenvalue weighted by atomic mass is 16.2. The number of nitrogens with zero attached hydrogens (tertiary/aromatic N) is 2. The first-order chi connectivity index (χ1) is 13.8. The predicted molar refractivity (Wildman–Crippen MR) is 106 cm³/mol. The van der Waals surface area contributed by atoms with Crippen molar-refractivity contribution in [2.75, 3.05) is 25.5 Å². The minimum absolute atomic E-state index is 0.0319. The van der Waals surface area contributed by atoms with E-state index in [1.54, 1.807) is 30.1 Å². The van der Waals surface area contributed by atoms with Crippen molar-refractivity contribution in [2.45, 2.75) is 44.6 Å². The van der Waals surface area contributed by atoms with Crippen LogP contribution < -0.4 is 10.6 Å². The number of carbonyl (C=O) groups is 4. The Bertz CT molecular complexity index is 889. The summed E-state index contributed by atoms with van der Waals surface area (Å²) >= 11 is 0. The number of carbonyl (C=O) groups excluding carboxylic acids is 4. The lowest BCUT2D eigenvalue weighted by Crippen LogP contribution is -2.49. The Hall–Kier alpha value is -2.90. The third-order valence-electron chi connectivity index (χ3n) is 6.36. The van der Waals surface area contributed by atoms with Crippen LogP contribution in [0.4, 0.5) is 10.5 Å². The Morgan fingerprint density at radius 3 is 2.69 bits per heavy atom. The second-order valence-electron chi connectivity index (χ2n) is 8.48. The molecule has 2 heterocycles. The fourth-order valence-corrected chi connectivity index (χ4v) is 4.44. The van der Waals surface area contributed by atoms with Crippen molar-refractivity contribution in [3.8, 4) is 0 Å². The summed E-state index contributed by atoms with van der Waals surface area (Å²) in [5.74, 6) is -0.230. The van der Waals surface area contributed by atoms with Crippen molar-refractivity contribution in [3.63, 3.8) is 0 Å². The van der Waals surface area contributed by atoms with Crippen molar-refractivity contribution >= 4 is 29.4 Å². The van der Waals surface area contributed by atoms with Crippen LogP contribution in [0.1, 0.15) is 48.5 Å². The molecule has 1 spiro atoms.